The summed E-state index contributed by atoms with van der Waals surface area (Å²) in [6, 6.07) is 8.37. The Kier molecular flexibility index (Phi) is 4.78. The van der Waals surface area contributed by atoms with E-state index in [-0.39, 0.29) is 11.6 Å². The Morgan fingerprint density at radius 3 is 2.50 bits per heavy atom. The van der Waals surface area contributed by atoms with Gasteiger partial charge in [0.1, 0.15) is 0 Å². The second-order valence-corrected chi connectivity index (χ2v) is 6.83. The molecule has 0 aliphatic rings. The van der Waals surface area contributed by atoms with Crippen LogP contribution in [0.2, 0.25) is 0 Å². The highest BCUT2D eigenvalue weighted by Crippen LogP contribution is 2.25. The van der Waals surface area contributed by atoms with Crippen LogP contribution >= 0.6 is 11.3 Å². The molecule has 0 fully saturated rings. The molecular weight excluding hydrogens is 266 g/mol. The standard InChI is InChI=1S/C16H25N3S/c1-5-19(6-2)16(3,4)14(17)11-15-18-12-9-7-8-10-13(12)20-15/h7-10,14H,5-6,11,17H2,1-4H3. The van der Waals surface area contributed by atoms with Crippen molar-refractivity contribution in [3.8, 4) is 0 Å². The topological polar surface area (TPSA) is 42.1 Å². The molecule has 0 saturated heterocycles. The van der Waals surface area contributed by atoms with Crippen LogP contribution in [-0.4, -0.2) is 34.6 Å². The van der Waals surface area contributed by atoms with Crippen molar-refractivity contribution in [3.05, 3.63) is 29.3 Å². The molecule has 1 aromatic carbocycles. The fraction of sp³-hybridized carbons (Fsp3) is 0.562. The molecule has 2 rings (SSSR count). The summed E-state index contributed by atoms with van der Waals surface area (Å²) >= 11 is 1.76. The maximum Gasteiger partial charge on any atom is 0.0954 e. The molecular formula is C16H25N3S. The summed E-state index contributed by atoms with van der Waals surface area (Å²) in [6.45, 7) is 10.9. The van der Waals surface area contributed by atoms with Gasteiger partial charge in [-0.2, -0.15) is 0 Å². The van der Waals surface area contributed by atoms with Crippen LogP contribution in [0.15, 0.2) is 24.3 Å². The maximum absolute atomic E-state index is 6.48. The third-order valence-corrected chi connectivity index (χ3v) is 5.28. The highest BCUT2D eigenvalue weighted by atomic mass is 32.1. The van der Waals surface area contributed by atoms with Gasteiger partial charge in [0.15, 0.2) is 0 Å². The summed E-state index contributed by atoms with van der Waals surface area (Å²) in [5.74, 6) is 0. The highest BCUT2D eigenvalue weighted by molar-refractivity contribution is 7.18. The molecule has 1 unspecified atom stereocenters. The van der Waals surface area contributed by atoms with Gasteiger partial charge in [-0.1, -0.05) is 26.0 Å². The Morgan fingerprint density at radius 1 is 1.25 bits per heavy atom. The Labute approximate surface area is 125 Å². The van der Waals surface area contributed by atoms with Crippen LogP contribution in [0.3, 0.4) is 0 Å². The second-order valence-electron chi connectivity index (χ2n) is 5.71. The first-order valence-electron chi connectivity index (χ1n) is 7.34. The number of thiazole rings is 1. The molecule has 1 heterocycles. The molecule has 0 spiro atoms. The van der Waals surface area contributed by atoms with E-state index in [4.69, 9.17) is 10.7 Å². The summed E-state index contributed by atoms with van der Waals surface area (Å²) in [5.41, 5.74) is 7.55. The maximum atomic E-state index is 6.48. The first kappa shape index (κ1) is 15.4. The monoisotopic (exact) mass is 291 g/mol. The minimum Gasteiger partial charge on any atom is -0.326 e. The van der Waals surface area contributed by atoms with Crippen LogP contribution in [0.4, 0.5) is 0 Å². The number of hydrogen-bond acceptors (Lipinski definition) is 4. The molecule has 4 heteroatoms. The van der Waals surface area contributed by atoms with Crippen LogP contribution in [-0.2, 0) is 6.42 Å². The number of nitrogens with two attached hydrogens (primary N) is 1. The predicted octanol–water partition coefficient (Wildman–Crippen LogP) is 3.29. The van der Waals surface area contributed by atoms with Gasteiger partial charge in [-0.05, 0) is 39.1 Å². The number of para-hydroxylation sites is 1. The smallest absolute Gasteiger partial charge is 0.0954 e. The van der Waals surface area contributed by atoms with Gasteiger partial charge < -0.3 is 5.73 Å². The van der Waals surface area contributed by atoms with Crippen molar-refractivity contribution in [2.45, 2.75) is 45.7 Å². The van der Waals surface area contributed by atoms with Crippen molar-refractivity contribution in [2.24, 2.45) is 5.73 Å². The minimum atomic E-state index is -0.0125. The van der Waals surface area contributed by atoms with Gasteiger partial charge in [0.05, 0.1) is 15.2 Å². The molecule has 0 bridgehead atoms. The van der Waals surface area contributed by atoms with Crippen LogP contribution < -0.4 is 5.73 Å². The Balaban J connectivity index is 2.16. The average Bonchev–Trinajstić information content (AvgIpc) is 2.81. The van der Waals surface area contributed by atoms with Gasteiger partial charge in [0.2, 0.25) is 0 Å². The zero-order valence-electron chi connectivity index (χ0n) is 12.9. The fourth-order valence-corrected chi connectivity index (χ4v) is 3.74. The summed E-state index contributed by atoms with van der Waals surface area (Å²) in [5, 5.41) is 1.14. The fourth-order valence-electron chi connectivity index (χ4n) is 2.72. The van der Waals surface area contributed by atoms with Crippen molar-refractivity contribution in [1.29, 1.82) is 0 Å². The zero-order valence-corrected chi connectivity index (χ0v) is 13.7. The van der Waals surface area contributed by atoms with E-state index in [1.165, 1.54) is 4.70 Å². The van der Waals surface area contributed by atoms with Crippen LogP contribution in [0.1, 0.15) is 32.7 Å². The predicted molar refractivity (Wildman–Crippen MR) is 88.3 cm³/mol. The number of nitrogens with zero attached hydrogens (tertiary/aromatic N) is 2. The lowest BCUT2D eigenvalue weighted by Crippen LogP contribution is -2.56. The Bertz CT molecular complexity index is 525. The summed E-state index contributed by atoms with van der Waals surface area (Å²) in [7, 11) is 0. The lowest BCUT2D eigenvalue weighted by Gasteiger charge is -2.41. The van der Waals surface area contributed by atoms with E-state index in [9.17, 15) is 0 Å². The number of likely N-dealkylation sites (N-methyl/N-ethyl adjacent to an activating group) is 1. The summed E-state index contributed by atoms with van der Waals surface area (Å²) < 4.78 is 1.25. The van der Waals surface area contributed by atoms with Crippen molar-refractivity contribution in [3.63, 3.8) is 0 Å². The van der Waals surface area contributed by atoms with Crippen molar-refractivity contribution in [1.82, 2.24) is 9.88 Å². The van der Waals surface area contributed by atoms with Gasteiger partial charge in [-0.3, -0.25) is 4.90 Å². The third-order valence-electron chi connectivity index (χ3n) is 4.22. The number of benzene rings is 1. The number of rotatable bonds is 6. The van der Waals surface area contributed by atoms with Gasteiger partial charge in [-0.15, -0.1) is 11.3 Å². The largest absolute Gasteiger partial charge is 0.326 e. The third kappa shape index (κ3) is 3.03. The summed E-state index contributed by atoms with van der Waals surface area (Å²) in [6.07, 6.45) is 0.836. The molecule has 0 aliphatic heterocycles. The molecule has 1 aromatic heterocycles. The van der Waals surface area contributed by atoms with Crippen molar-refractivity contribution >= 4 is 21.6 Å². The summed E-state index contributed by atoms with van der Waals surface area (Å²) in [4.78, 5) is 7.12. The number of aromatic nitrogens is 1. The molecule has 0 radical (unpaired) electrons. The molecule has 2 N–H and O–H groups in total. The molecule has 0 saturated carbocycles. The van der Waals surface area contributed by atoms with E-state index in [1.807, 2.05) is 6.07 Å². The molecule has 2 aromatic rings. The minimum absolute atomic E-state index is 0.0125. The highest BCUT2D eigenvalue weighted by Gasteiger charge is 2.32. The van der Waals surface area contributed by atoms with E-state index in [2.05, 4.69) is 50.8 Å². The molecule has 3 nitrogen and oxygen atoms in total. The quantitative estimate of drug-likeness (QED) is 0.888. The zero-order chi connectivity index (χ0) is 14.8. The lowest BCUT2D eigenvalue weighted by atomic mass is 9.90. The van der Waals surface area contributed by atoms with E-state index in [0.717, 1.165) is 30.0 Å². The van der Waals surface area contributed by atoms with E-state index in [0.29, 0.717) is 0 Å². The second kappa shape index (κ2) is 6.20. The molecule has 1 atom stereocenters. The first-order chi connectivity index (χ1) is 9.48. The molecule has 0 amide bonds. The van der Waals surface area contributed by atoms with Gasteiger partial charge in [0, 0.05) is 18.0 Å². The van der Waals surface area contributed by atoms with Gasteiger partial charge in [0.25, 0.3) is 0 Å². The van der Waals surface area contributed by atoms with Crippen molar-refractivity contribution < 1.29 is 0 Å². The average molecular weight is 291 g/mol. The Morgan fingerprint density at radius 2 is 1.90 bits per heavy atom. The molecule has 20 heavy (non-hydrogen) atoms. The molecule has 0 aliphatic carbocycles. The SMILES string of the molecule is CCN(CC)C(C)(C)C(N)Cc1nc2ccccc2s1. The van der Waals surface area contributed by atoms with Gasteiger partial charge in [-0.25, -0.2) is 4.98 Å². The normalized spacial score (nSPS) is 14.1. The number of fused-ring (bicyclic) bond motifs is 1. The van der Waals surface area contributed by atoms with E-state index in [1.54, 1.807) is 11.3 Å². The number of hydrogen-bond donors (Lipinski definition) is 1. The van der Waals surface area contributed by atoms with Crippen LogP contribution in [0.5, 0.6) is 0 Å². The Hall–Kier alpha value is -0.970. The van der Waals surface area contributed by atoms with E-state index >= 15 is 0 Å². The van der Waals surface area contributed by atoms with E-state index < -0.39 is 0 Å². The molecule has 110 valence electrons. The lowest BCUT2D eigenvalue weighted by molar-refractivity contribution is 0.106. The van der Waals surface area contributed by atoms with Crippen LogP contribution in [0.25, 0.3) is 10.2 Å². The van der Waals surface area contributed by atoms with Crippen molar-refractivity contribution in [2.75, 3.05) is 13.1 Å². The first-order valence-corrected chi connectivity index (χ1v) is 8.15. The van der Waals surface area contributed by atoms with Crippen LogP contribution in [0, 0.1) is 0 Å². The van der Waals surface area contributed by atoms with Gasteiger partial charge >= 0.3 is 0 Å².